The lowest BCUT2D eigenvalue weighted by atomic mass is 9.87. The van der Waals surface area contributed by atoms with Crippen molar-refractivity contribution in [1.82, 2.24) is 0 Å². The van der Waals surface area contributed by atoms with Gasteiger partial charge in [0.25, 0.3) is 0 Å². The van der Waals surface area contributed by atoms with Gasteiger partial charge in [-0.05, 0) is 18.9 Å². The number of ether oxygens (including phenoxy) is 1. The van der Waals surface area contributed by atoms with Crippen molar-refractivity contribution in [3.05, 3.63) is 23.3 Å². The molecule has 0 saturated carbocycles. The minimum Gasteiger partial charge on any atom is -0.465 e. The zero-order valence-electron chi connectivity index (χ0n) is 9.59. The van der Waals surface area contributed by atoms with E-state index < -0.39 is 11.4 Å². The van der Waals surface area contributed by atoms with Gasteiger partial charge in [0.15, 0.2) is 5.78 Å². The lowest BCUT2D eigenvalue weighted by Crippen LogP contribution is -2.23. The molecule has 3 nitrogen and oxygen atoms in total. The predicted molar refractivity (Wildman–Crippen MR) is 57.3 cm³/mol. The Hall–Kier alpha value is -1.38. The first-order valence-electron chi connectivity index (χ1n) is 4.93. The summed E-state index contributed by atoms with van der Waals surface area (Å²) in [7, 11) is 1.29. The Labute approximate surface area is 89.8 Å². The molecule has 0 radical (unpaired) electrons. The molecule has 0 atom stereocenters. The summed E-state index contributed by atoms with van der Waals surface area (Å²) in [5.74, 6) is -0.652. The summed E-state index contributed by atoms with van der Waals surface area (Å²) < 4.78 is 4.62. The Kier molecular flexibility index (Phi) is 3.12. The van der Waals surface area contributed by atoms with Gasteiger partial charge >= 0.3 is 5.97 Å². The van der Waals surface area contributed by atoms with E-state index in [1.54, 1.807) is 6.08 Å². The highest BCUT2D eigenvalue weighted by atomic mass is 16.5. The van der Waals surface area contributed by atoms with E-state index in [2.05, 4.69) is 4.74 Å². The maximum Gasteiger partial charge on any atom is 0.341 e. The van der Waals surface area contributed by atoms with Gasteiger partial charge in [-0.25, -0.2) is 4.79 Å². The largest absolute Gasteiger partial charge is 0.465 e. The number of carbonyl (C=O) groups excluding carboxylic acids is 2. The first-order valence-corrected chi connectivity index (χ1v) is 4.93. The molecule has 0 fully saturated rings. The Morgan fingerprint density at radius 2 is 2.07 bits per heavy atom. The molecule has 0 bridgehead atoms. The van der Waals surface area contributed by atoms with E-state index in [1.807, 2.05) is 26.8 Å². The van der Waals surface area contributed by atoms with Crippen LogP contribution >= 0.6 is 0 Å². The van der Waals surface area contributed by atoms with Crippen LogP contribution in [0, 0.1) is 5.41 Å². The first-order chi connectivity index (χ1) is 6.94. The van der Waals surface area contributed by atoms with Crippen molar-refractivity contribution in [1.29, 1.82) is 0 Å². The molecule has 1 aliphatic rings. The molecule has 3 heteroatoms. The summed E-state index contributed by atoms with van der Waals surface area (Å²) in [4.78, 5) is 23.4. The molecule has 1 rings (SSSR count). The predicted octanol–water partition coefficient (Wildman–Crippen LogP) is 2.03. The van der Waals surface area contributed by atoms with E-state index in [4.69, 9.17) is 0 Å². The van der Waals surface area contributed by atoms with Crippen molar-refractivity contribution in [2.24, 2.45) is 5.41 Å². The van der Waals surface area contributed by atoms with E-state index in [1.165, 1.54) is 7.11 Å². The Morgan fingerprint density at radius 3 is 2.53 bits per heavy atom. The quantitative estimate of drug-likeness (QED) is 0.515. The van der Waals surface area contributed by atoms with E-state index in [0.29, 0.717) is 6.42 Å². The summed E-state index contributed by atoms with van der Waals surface area (Å²) in [5.41, 5.74) is 0.498. The van der Waals surface area contributed by atoms with Crippen LogP contribution in [0.5, 0.6) is 0 Å². The maximum absolute atomic E-state index is 11.9. The standard InChI is InChI=1S/C12H16O3/c1-5-6-8-7-12(2,3)10(13)9(8)11(14)15-4/h5-6H,7H2,1-4H3/b6-5+. The van der Waals surface area contributed by atoms with E-state index >= 15 is 0 Å². The van der Waals surface area contributed by atoms with Crippen LogP contribution in [0.25, 0.3) is 0 Å². The van der Waals surface area contributed by atoms with Crippen LogP contribution in [0.4, 0.5) is 0 Å². The first kappa shape index (κ1) is 11.7. The van der Waals surface area contributed by atoms with Crippen LogP contribution < -0.4 is 0 Å². The Morgan fingerprint density at radius 1 is 1.47 bits per heavy atom. The molecule has 0 spiro atoms. The normalized spacial score (nSPS) is 20.1. The molecule has 82 valence electrons. The fourth-order valence-electron chi connectivity index (χ4n) is 1.80. The number of methoxy groups -OCH3 is 1. The molecular formula is C12H16O3. The number of esters is 1. The van der Waals surface area contributed by atoms with Gasteiger partial charge in [0, 0.05) is 5.41 Å². The summed E-state index contributed by atoms with van der Waals surface area (Å²) in [5, 5.41) is 0. The molecule has 0 aromatic rings. The van der Waals surface area contributed by atoms with Crippen LogP contribution in [-0.4, -0.2) is 18.9 Å². The fourth-order valence-corrected chi connectivity index (χ4v) is 1.80. The van der Waals surface area contributed by atoms with E-state index in [-0.39, 0.29) is 11.4 Å². The Balaban J connectivity index is 3.19. The highest BCUT2D eigenvalue weighted by molar-refractivity contribution is 6.22. The lowest BCUT2D eigenvalue weighted by Gasteiger charge is -2.14. The molecule has 0 unspecified atom stereocenters. The number of Topliss-reactive ketones (excluding diaryl/α,β-unsaturated/α-hetero) is 1. The van der Waals surface area contributed by atoms with Crippen molar-refractivity contribution < 1.29 is 14.3 Å². The monoisotopic (exact) mass is 208 g/mol. The van der Waals surface area contributed by atoms with Gasteiger partial charge in [-0.1, -0.05) is 26.0 Å². The van der Waals surface area contributed by atoms with Crippen LogP contribution in [-0.2, 0) is 14.3 Å². The molecule has 0 aromatic carbocycles. The van der Waals surface area contributed by atoms with Crippen LogP contribution in [0.3, 0.4) is 0 Å². The van der Waals surface area contributed by atoms with Crippen LogP contribution in [0.2, 0.25) is 0 Å². The molecule has 0 saturated heterocycles. The maximum atomic E-state index is 11.9. The van der Waals surface area contributed by atoms with Gasteiger partial charge in [0.2, 0.25) is 0 Å². The topological polar surface area (TPSA) is 43.4 Å². The average molecular weight is 208 g/mol. The highest BCUT2D eigenvalue weighted by Gasteiger charge is 2.42. The van der Waals surface area contributed by atoms with Gasteiger partial charge in [-0.3, -0.25) is 4.79 Å². The molecule has 0 amide bonds. The third-order valence-electron chi connectivity index (χ3n) is 2.55. The van der Waals surface area contributed by atoms with Crippen molar-refractivity contribution in [3.8, 4) is 0 Å². The highest BCUT2D eigenvalue weighted by Crippen LogP contribution is 2.39. The minimum atomic E-state index is -0.529. The second-order valence-electron chi connectivity index (χ2n) is 4.28. The third kappa shape index (κ3) is 2.01. The third-order valence-corrected chi connectivity index (χ3v) is 2.55. The van der Waals surface area contributed by atoms with Crippen LogP contribution in [0.1, 0.15) is 27.2 Å². The second kappa shape index (κ2) is 4.01. The summed E-state index contributed by atoms with van der Waals surface area (Å²) in [6, 6.07) is 0. The number of hydrogen-bond donors (Lipinski definition) is 0. The van der Waals surface area contributed by atoms with Gasteiger partial charge in [0.1, 0.15) is 5.57 Å². The number of rotatable bonds is 2. The molecule has 0 N–H and O–H groups in total. The number of allylic oxidation sites excluding steroid dienone is 3. The van der Waals surface area contributed by atoms with Crippen molar-refractivity contribution in [2.45, 2.75) is 27.2 Å². The van der Waals surface area contributed by atoms with E-state index in [9.17, 15) is 9.59 Å². The zero-order valence-corrected chi connectivity index (χ0v) is 9.59. The fraction of sp³-hybridized carbons (Fsp3) is 0.500. The molecular weight excluding hydrogens is 192 g/mol. The molecule has 1 aliphatic carbocycles. The lowest BCUT2D eigenvalue weighted by molar-refractivity contribution is -0.138. The minimum absolute atomic E-state index is 0.123. The van der Waals surface area contributed by atoms with Crippen molar-refractivity contribution >= 4 is 11.8 Å². The van der Waals surface area contributed by atoms with Gasteiger partial charge in [-0.2, -0.15) is 0 Å². The smallest absolute Gasteiger partial charge is 0.341 e. The number of hydrogen-bond acceptors (Lipinski definition) is 3. The average Bonchev–Trinajstić information content (AvgIpc) is 2.38. The van der Waals surface area contributed by atoms with Crippen molar-refractivity contribution in [3.63, 3.8) is 0 Å². The summed E-state index contributed by atoms with van der Waals surface area (Å²) in [6.07, 6.45) is 4.23. The zero-order chi connectivity index (χ0) is 11.6. The molecule has 0 heterocycles. The number of ketones is 1. The Bertz CT molecular complexity index is 359. The second-order valence-corrected chi connectivity index (χ2v) is 4.28. The molecule has 0 aromatic heterocycles. The molecule has 15 heavy (non-hydrogen) atoms. The van der Waals surface area contributed by atoms with Gasteiger partial charge < -0.3 is 4.74 Å². The summed E-state index contributed by atoms with van der Waals surface area (Å²) in [6.45, 7) is 5.54. The molecule has 0 aliphatic heterocycles. The SMILES string of the molecule is C/C=C/C1=C(C(=O)OC)C(=O)C(C)(C)C1. The van der Waals surface area contributed by atoms with E-state index in [0.717, 1.165) is 5.57 Å². The van der Waals surface area contributed by atoms with Crippen LogP contribution in [0.15, 0.2) is 23.3 Å². The van der Waals surface area contributed by atoms with Gasteiger partial charge in [-0.15, -0.1) is 0 Å². The number of carbonyl (C=O) groups is 2. The van der Waals surface area contributed by atoms with Gasteiger partial charge in [0.05, 0.1) is 7.11 Å². The summed E-state index contributed by atoms with van der Waals surface area (Å²) >= 11 is 0. The van der Waals surface area contributed by atoms with Crippen molar-refractivity contribution in [2.75, 3.05) is 7.11 Å².